The Morgan fingerprint density at radius 2 is 2.57 bits per heavy atom. The Hall–Kier alpha value is -0.690. The fourth-order valence-corrected chi connectivity index (χ4v) is 1.65. The second kappa shape index (κ2) is 5.92. The first-order valence-corrected chi connectivity index (χ1v) is 5.22. The summed E-state index contributed by atoms with van der Waals surface area (Å²) in [6.07, 6.45) is 0. The molecule has 0 amide bonds. The van der Waals surface area contributed by atoms with Crippen molar-refractivity contribution in [1.82, 2.24) is 10.3 Å². The molecule has 5 nitrogen and oxygen atoms in total. The van der Waals surface area contributed by atoms with Crippen LogP contribution in [0.25, 0.3) is 0 Å². The minimum Gasteiger partial charge on any atom is -0.383 e. The maximum Gasteiger partial charge on any atom is 0.304 e. The van der Waals surface area contributed by atoms with E-state index in [1.807, 2.05) is 0 Å². The van der Waals surface area contributed by atoms with Gasteiger partial charge < -0.3 is 20.8 Å². The molecular weight excluding hydrogens is 202 g/mol. The van der Waals surface area contributed by atoms with Gasteiger partial charge in [0.05, 0.1) is 6.61 Å². The number of aromatic nitrogens is 1. The Kier molecular flexibility index (Phi) is 4.81. The van der Waals surface area contributed by atoms with Crippen LogP contribution in [0, 0.1) is 0 Å². The second-order valence-corrected chi connectivity index (χ2v) is 3.86. The minimum absolute atomic E-state index is 0.00893. The zero-order valence-corrected chi connectivity index (χ0v) is 8.89. The molecule has 1 aromatic rings. The second-order valence-electron chi connectivity index (χ2n) is 3.02. The van der Waals surface area contributed by atoms with E-state index in [0.29, 0.717) is 19.7 Å². The first-order valence-electron chi connectivity index (χ1n) is 4.34. The lowest BCUT2D eigenvalue weighted by Crippen LogP contribution is -2.37. The lowest BCUT2D eigenvalue weighted by atomic mass is 10.3. The predicted molar refractivity (Wildman–Crippen MR) is 56.5 cm³/mol. The SMILES string of the molecule is COCC(N)CNCc1csc(=O)[nH]1. The molecule has 0 radical (unpaired) electrons. The molecule has 1 atom stereocenters. The van der Waals surface area contributed by atoms with E-state index in [9.17, 15) is 4.79 Å². The summed E-state index contributed by atoms with van der Waals surface area (Å²) in [5.74, 6) is 0. The highest BCUT2D eigenvalue weighted by Gasteiger charge is 2.01. The van der Waals surface area contributed by atoms with E-state index in [1.54, 1.807) is 12.5 Å². The number of thiazole rings is 1. The molecule has 1 heterocycles. The van der Waals surface area contributed by atoms with Crippen LogP contribution < -0.4 is 15.9 Å². The van der Waals surface area contributed by atoms with Crippen LogP contribution in [-0.2, 0) is 11.3 Å². The van der Waals surface area contributed by atoms with E-state index in [-0.39, 0.29) is 10.9 Å². The Bertz CT molecular complexity index is 310. The van der Waals surface area contributed by atoms with Gasteiger partial charge in [0.15, 0.2) is 0 Å². The van der Waals surface area contributed by atoms with Crippen molar-refractivity contribution in [3.8, 4) is 0 Å². The lowest BCUT2D eigenvalue weighted by molar-refractivity contribution is 0.179. The molecule has 0 saturated heterocycles. The molecule has 1 unspecified atom stereocenters. The molecule has 1 aromatic heterocycles. The third kappa shape index (κ3) is 4.01. The van der Waals surface area contributed by atoms with Gasteiger partial charge in [-0.1, -0.05) is 11.3 Å². The van der Waals surface area contributed by atoms with Gasteiger partial charge in [0.25, 0.3) is 0 Å². The molecule has 0 bridgehead atoms. The van der Waals surface area contributed by atoms with Crippen molar-refractivity contribution in [2.75, 3.05) is 20.3 Å². The average molecular weight is 217 g/mol. The lowest BCUT2D eigenvalue weighted by Gasteiger charge is -2.10. The fourth-order valence-electron chi connectivity index (χ4n) is 1.07. The Labute approximate surface area is 86.3 Å². The Morgan fingerprint density at radius 1 is 1.79 bits per heavy atom. The van der Waals surface area contributed by atoms with E-state index >= 15 is 0 Å². The molecule has 6 heteroatoms. The molecule has 0 saturated carbocycles. The predicted octanol–water partition coefficient (Wildman–Crippen LogP) is -0.500. The van der Waals surface area contributed by atoms with Crippen LogP contribution >= 0.6 is 11.3 Å². The number of H-pyrrole nitrogens is 1. The van der Waals surface area contributed by atoms with Crippen LogP contribution in [-0.4, -0.2) is 31.3 Å². The number of nitrogens with two attached hydrogens (primary N) is 1. The molecule has 0 aliphatic heterocycles. The van der Waals surface area contributed by atoms with Crippen molar-refractivity contribution in [2.24, 2.45) is 5.73 Å². The molecule has 0 aliphatic rings. The maximum atomic E-state index is 10.8. The fraction of sp³-hybridized carbons (Fsp3) is 0.625. The standard InChI is InChI=1S/C8H15N3O2S/c1-13-4-6(9)2-10-3-7-5-14-8(12)11-7/h5-6,10H,2-4,9H2,1H3,(H,11,12). The third-order valence-electron chi connectivity index (χ3n) is 1.67. The maximum absolute atomic E-state index is 10.8. The monoisotopic (exact) mass is 217 g/mol. The summed E-state index contributed by atoms with van der Waals surface area (Å²) in [6, 6.07) is -0.00893. The Balaban J connectivity index is 2.18. The summed E-state index contributed by atoms with van der Waals surface area (Å²) in [6.45, 7) is 1.84. The van der Waals surface area contributed by atoms with Crippen LogP contribution in [0.3, 0.4) is 0 Å². The summed E-state index contributed by atoms with van der Waals surface area (Å²) in [7, 11) is 1.62. The van der Waals surface area contributed by atoms with Gasteiger partial charge in [0, 0.05) is 37.3 Å². The molecule has 0 fully saturated rings. The molecule has 14 heavy (non-hydrogen) atoms. The molecular formula is C8H15N3O2S. The summed E-state index contributed by atoms with van der Waals surface area (Å²) < 4.78 is 4.89. The summed E-state index contributed by atoms with van der Waals surface area (Å²) in [5.41, 5.74) is 6.59. The van der Waals surface area contributed by atoms with Gasteiger partial charge in [0.1, 0.15) is 0 Å². The highest BCUT2D eigenvalue weighted by atomic mass is 32.1. The number of hydrogen-bond donors (Lipinski definition) is 3. The van der Waals surface area contributed by atoms with Crippen molar-refractivity contribution >= 4 is 11.3 Å². The van der Waals surface area contributed by atoms with Crippen molar-refractivity contribution < 1.29 is 4.74 Å². The first-order chi connectivity index (χ1) is 6.72. The van der Waals surface area contributed by atoms with Gasteiger partial charge >= 0.3 is 4.87 Å². The summed E-state index contributed by atoms with van der Waals surface area (Å²) in [5, 5.41) is 4.93. The zero-order valence-electron chi connectivity index (χ0n) is 8.08. The number of aromatic amines is 1. The number of ether oxygens (including phenoxy) is 1. The van der Waals surface area contributed by atoms with E-state index in [1.165, 1.54) is 11.3 Å². The average Bonchev–Trinajstić information content (AvgIpc) is 2.52. The van der Waals surface area contributed by atoms with Gasteiger partial charge in [-0.3, -0.25) is 4.79 Å². The van der Waals surface area contributed by atoms with Crippen molar-refractivity contribution in [2.45, 2.75) is 12.6 Å². The smallest absolute Gasteiger partial charge is 0.304 e. The van der Waals surface area contributed by atoms with Crippen LogP contribution in [0.2, 0.25) is 0 Å². The van der Waals surface area contributed by atoms with Crippen LogP contribution in [0.1, 0.15) is 5.69 Å². The topological polar surface area (TPSA) is 80.1 Å². The highest BCUT2D eigenvalue weighted by Crippen LogP contribution is 1.94. The van der Waals surface area contributed by atoms with Crippen LogP contribution in [0.15, 0.2) is 10.2 Å². The van der Waals surface area contributed by atoms with Gasteiger partial charge in [-0.2, -0.15) is 0 Å². The largest absolute Gasteiger partial charge is 0.383 e. The molecule has 4 N–H and O–H groups in total. The van der Waals surface area contributed by atoms with Crippen molar-refractivity contribution in [1.29, 1.82) is 0 Å². The number of rotatable bonds is 6. The van der Waals surface area contributed by atoms with Gasteiger partial charge in [-0.25, -0.2) is 0 Å². The van der Waals surface area contributed by atoms with Crippen LogP contribution in [0.5, 0.6) is 0 Å². The molecule has 0 aromatic carbocycles. The molecule has 80 valence electrons. The third-order valence-corrected chi connectivity index (χ3v) is 2.39. The number of nitrogens with one attached hydrogen (secondary N) is 2. The molecule has 0 spiro atoms. The van der Waals surface area contributed by atoms with Crippen molar-refractivity contribution in [3.63, 3.8) is 0 Å². The zero-order chi connectivity index (χ0) is 10.4. The number of hydrogen-bond acceptors (Lipinski definition) is 5. The van der Waals surface area contributed by atoms with Gasteiger partial charge in [-0.05, 0) is 0 Å². The number of methoxy groups -OCH3 is 1. The first kappa shape index (κ1) is 11.4. The summed E-state index contributed by atoms with van der Waals surface area (Å²) >= 11 is 1.17. The molecule has 0 aliphatic carbocycles. The van der Waals surface area contributed by atoms with Gasteiger partial charge in [-0.15, -0.1) is 0 Å². The minimum atomic E-state index is -0.0250. The highest BCUT2D eigenvalue weighted by molar-refractivity contribution is 7.07. The quantitative estimate of drug-likeness (QED) is 0.600. The Morgan fingerprint density at radius 3 is 3.14 bits per heavy atom. The van der Waals surface area contributed by atoms with E-state index in [2.05, 4.69) is 10.3 Å². The van der Waals surface area contributed by atoms with Gasteiger partial charge in [0.2, 0.25) is 0 Å². The van der Waals surface area contributed by atoms with E-state index in [4.69, 9.17) is 10.5 Å². The van der Waals surface area contributed by atoms with E-state index < -0.39 is 0 Å². The normalized spacial score (nSPS) is 13.0. The van der Waals surface area contributed by atoms with E-state index in [0.717, 1.165) is 5.69 Å². The van der Waals surface area contributed by atoms with Crippen molar-refractivity contribution in [3.05, 3.63) is 20.7 Å². The molecule has 1 rings (SSSR count). The van der Waals surface area contributed by atoms with Crippen LogP contribution in [0.4, 0.5) is 0 Å². The summed E-state index contributed by atoms with van der Waals surface area (Å²) in [4.78, 5) is 13.5.